The van der Waals surface area contributed by atoms with Crippen molar-refractivity contribution >= 4 is 0 Å². The van der Waals surface area contributed by atoms with Crippen molar-refractivity contribution in [1.82, 2.24) is 5.32 Å². The number of methoxy groups -OCH3 is 1. The van der Waals surface area contributed by atoms with Crippen LogP contribution in [0.5, 0.6) is 5.75 Å². The van der Waals surface area contributed by atoms with E-state index in [-0.39, 0.29) is 0 Å². The van der Waals surface area contributed by atoms with Gasteiger partial charge >= 0.3 is 0 Å². The molecule has 1 aliphatic rings. The lowest BCUT2D eigenvalue weighted by molar-refractivity contribution is 0.0395. The molecule has 1 N–H and O–H groups in total. The lowest BCUT2D eigenvalue weighted by atomic mass is 9.88. The number of likely N-dealkylation sites (N-methyl/N-ethyl adjacent to an activating group) is 1. The highest BCUT2D eigenvalue weighted by Crippen LogP contribution is 2.25. The topological polar surface area (TPSA) is 30.5 Å². The molecule has 1 saturated heterocycles. The van der Waals surface area contributed by atoms with E-state index in [1.807, 2.05) is 0 Å². The molecular formula is C17H27NO2. The number of rotatable bonds is 6. The number of benzene rings is 1. The molecule has 20 heavy (non-hydrogen) atoms. The minimum absolute atomic E-state index is 0.469. The zero-order valence-corrected chi connectivity index (χ0v) is 12.9. The summed E-state index contributed by atoms with van der Waals surface area (Å²) < 4.78 is 11.2. The molecule has 0 spiro atoms. The van der Waals surface area contributed by atoms with Crippen LogP contribution in [0.2, 0.25) is 0 Å². The zero-order valence-electron chi connectivity index (χ0n) is 12.9. The first-order valence-electron chi connectivity index (χ1n) is 7.69. The highest BCUT2D eigenvalue weighted by atomic mass is 16.5. The fourth-order valence-electron chi connectivity index (χ4n) is 3.05. The summed E-state index contributed by atoms with van der Waals surface area (Å²) in [6, 6.07) is 6.89. The zero-order chi connectivity index (χ0) is 14.4. The number of aryl methyl sites for hydroxylation is 1. The van der Waals surface area contributed by atoms with Gasteiger partial charge in [0.25, 0.3) is 0 Å². The van der Waals surface area contributed by atoms with E-state index in [0.29, 0.717) is 12.0 Å². The van der Waals surface area contributed by atoms with Crippen molar-refractivity contribution in [1.29, 1.82) is 0 Å². The maximum atomic E-state index is 5.66. The Kier molecular flexibility index (Phi) is 5.86. The van der Waals surface area contributed by atoms with E-state index in [1.165, 1.54) is 24.0 Å². The molecule has 1 aromatic carbocycles. The van der Waals surface area contributed by atoms with Crippen LogP contribution in [0.3, 0.4) is 0 Å². The quantitative estimate of drug-likeness (QED) is 0.867. The third-order valence-corrected chi connectivity index (χ3v) is 4.11. The Labute approximate surface area is 122 Å². The van der Waals surface area contributed by atoms with Crippen LogP contribution in [0.25, 0.3) is 0 Å². The van der Waals surface area contributed by atoms with E-state index in [1.54, 1.807) is 7.11 Å². The first-order valence-corrected chi connectivity index (χ1v) is 7.69. The predicted octanol–water partition coefficient (Wildman–Crippen LogP) is 2.95. The standard InChI is InChI=1S/C17H27NO2/c1-4-18-16(14-6-5-9-20-12-14)11-15-10-13(2)7-8-17(15)19-3/h7-8,10,14,16,18H,4-6,9,11-12H2,1-3H3. The SMILES string of the molecule is CCNC(Cc1cc(C)ccc1OC)C1CCCOC1. The molecule has 0 aromatic heterocycles. The van der Waals surface area contributed by atoms with E-state index in [9.17, 15) is 0 Å². The summed E-state index contributed by atoms with van der Waals surface area (Å²) in [5.41, 5.74) is 2.58. The van der Waals surface area contributed by atoms with Crippen molar-refractivity contribution in [2.24, 2.45) is 5.92 Å². The molecule has 1 aromatic rings. The molecule has 2 rings (SSSR count). The van der Waals surface area contributed by atoms with E-state index in [0.717, 1.165) is 31.9 Å². The van der Waals surface area contributed by atoms with Crippen LogP contribution >= 0.6 is 0 Å². The molecule has 0 aliphatic carbocycles. The van der Waals surface area contributed by atoms with Gasteiger partial charge in [0.2, 0.25) is 0 Å². The first-order chi connectivity index (χ1) is 9.74. The van der Waals surface area contributed by atoms with Gasteiger partial charge in [0.1, 0.15) is 5.75 Å². The van der Waals surface area contributed by atoms with Gasteiger partial charge in [-0.1, -0.05) is 24.6 Å². The van der Waals surface area contributed by atoms with Gasteiger partial charge < -0.3 is 14.8 Å². The molecule has 2 unspecified atom stereocenters. The molecule has 0 saturated carbocycles. The second-order valence-corrected chi connectivity index (χ2v) is 5.66. The van der Waals surface area contributed by atoms with Crippen LogP contribution in [0.15, 0.2) is 18.2 Å². The van der Waals surface area contributed by atoms with Gasteiger partial charge in [-0.05, 0) is 50.3 Å². The van der Waals surface area contributed by atoms with Gasteiger partial charge in [-0.25, -0.2) is 0 Å². The van der Waals surface area contributed by atoms with Crippen molar-refractivity contribution in [2.45, 2.75) is 39.2 Å². The normalized spacial score (nSPS) is 20.6. The maximum Gasteiger partial charge on any atom is 0.122 e. The number of hydrogen-bond donors (Lipinski definition) is 1. The van der Waals surface area contributed by atoms with E-state index in [2.05, 4.69) is 37.4 Å². The summed E-state index contributed by atoms with van der Waals surface area (Å²) in [6.07, 6.45) is 3.44. The molecular weight excluding hydrogens is 250 g/mol. The van der Waals surface area contributed by atoms with Crippen molar-refractivity contribution in [3.8, 4) is 5.75 Å². The summed E-state index contributed by atoms with van der Waals surface area (Å²) in [5.74, 6) is 1.60. The van der Waals surface area contributed by atoms with Crippen LogP contribution in [0, 0.1) is 12.8 Å². The summed E-state index contributed by atoms with van der Waals surface area (Å²) in [6.45, 7) is 7.10. The second-order valence-electron chi connectivity index (χ2n) is 5.66. The van der Waals surface area contributed by atoms with E-state index in [4.69, 9.17) is 9.47 Å². The van der Waals surface area contributed by atoms with Gasteiger partial charge in [0.15, 0.2) is 0 Å². The van der Waals surface area contributed by atoms with Gasteiger partial charge in [-0.3, -0.25) is 0 Å². The first kappa shape index (κ1) is 15.3. The number of ether oxygens (including phenoxy) is 2. The lowest BCUT2D eigenvalue weighted by Crippen LogP contribution is -2.41. The van der Waals surface area contributed by atoms with Crippen LogP contribution in [-0.2, 0) is 11.2 Å². The van der Waals surface area contributed by atoms with Gasteiger partial charge in [0.05, 0.1) is 13.7 Å². The van der Waals surface area contributed by atoms with Crippen molar-refractivity contribution < 1.29 is 9.47 Å². The highest BCUT2D eigenvalue weighted by Gasteiger charge is 2.24. The minimum atomic E-state index is 0.469. The molecule has 3 nitrogen and oxygen atoms in total. The monoisotopic (exact) mass is 277 g/mol. The predicted molar refractivity (Wildman–Crippen MR) is 82.4 cm³/mol. The van der Waals surface area contributed by atoms with Gasteiger partial charge in [-0.15, -0.1) is 0 Å². The third-order valence-electron chi connectivity index (χ3n) is 4.11. The molecule has 112 valence electrons. The van der Waals surface area contributed by atoms with Crippen LogP contribution in [-0.4, -0.2) is 32.9 Å². The van der Waals surface area contributed by atoms with Crippen LogP contribution in [0.1, 0.15) is 30.9 Å². The van der Waals surface area contributed by atoms with Gasteiger partial charge in [-0.2, -0.15) is 0 Å². The average molecular weight is 277 g/mol. The van der Waals surface area contributed by atoms with Gasteiger partial charge in [0, 0.05) is 12.6 Å². The molecule has 0 radical (unpaired) electrons. The Hall–Kier alpha value is -1.06. The minimum Gasteiger partial charge on any atom is -0.496 e. The Balaban J connectivity index is 2.12. The van der Waals surface area contributed by atoms with Crippen LogP contribution < -0.4 is 10.1 Å². The molecule has 3 heteroatoms. The van der Waals surface area contributed by atoms with Crippen molar-refractivity contribution in [3.63, 3.8) is 0 Å². The Morgan fingerprint density at radius 2 is 2.30 bits per heavy atom. The fraction of sp³-hybridized carbons (Fsp3) is 0.647. The average Bonchev–Trinajstić information content (AvgIpc) is 2.48. The largest absolute Gasteiger partial charge is 0.496 e. The second kappa shape index (κ2) is 7.65. The number of nitrogens with one attached hydrogen (secondary N) is 1. The number of hydrogen-bond acceptors (Lipinski definition) is 3. The summed E-state index contributed by atoms with van der Waals surface area (Å²) in [7, 11) is 1.75. The molecule has 0 bridgehead atoms. The smallest absolute Gasteiger partial charge is 0.122 e. The summed E-state index contributed by atoms with van der Waals surface area (Å²) in [4.78, 5) is 0. The Morgan fingerprint density at radius 3 is 2.95 bits per heavy atom. The molecule has 1 fully saturated rings. The molecule has 0 amide bonds. The van der Waals surface area contributed by atoms with Crippen molar-refractivity contribution in [3.05, 3.63) is 29.3 Å². The molecule has 1 aliphatic heterocycles. The summed E-state index contributed by atoms with van der Waals surface area (Å²) in [5, 5.41) is 3.64. The Bertz CT molecular complexity index is 413. The summed E-state index contributed by atoms with van der Waals surface area (Å²) >= 11 is 0. The molecule has 2 atom stereocenters. The Morgan fingerprint density at radius 1 is 1.45 bits per heavy atom. The van der Waals surface area contributed by atoms with E-state index < -0.39 is 0 Å². The molecule has 1 heterocycles. The maximum absolute atomic E-state index is 5.66. The fourth-order valence-corrected chi connectivity index (χ4v) is 3.05. The third kappa shape index (κ3) is 3.97. The van der Waals surface area contributed by atoms with E-state index >= 15 is 0 Å². The van der Waals surface area contributed by atoms with Crippen LogP contribution in [0.4, 0.5) is 0 Å². The lowest BCUT2D eigenvalue weighted by Gasteiger charge is -2.31. The van der Waals surface area contributed by atoms with Crippen molar-refractivity contribution in [2.75, 3.05) is 26.9 Å². The highest BCUT2D eigenvalue weighted by molar-refractivity contribution is 5.37.